The molecule has 176 valence electrons. The van der Waals surface area contributed by atoms with Crippen LogP contribution >= 0.6 is 0 Å². The second kappa shape index (κ2) is 9.67. The molecule has 1 saturated heterocycles. The highest BCUT2D eigenvalue weighted by Crippen LogP contribution is 2.32. The standard InChI is InChI=1S/C21H28N8O4/c1-3-28(4-2)13-7-5-12(6-8-13)9-24-27-21-25-18(22)15-19(26-21)29(11-23-15)20-17(32)16(31)14(10-30)33-20/h5-9,11,14,16-17,20,30-32H,3-4,10H2,1-2H3,(H3,22,25,26,27)/b24-9+/t14-,16-,17-,20-/m1/s1. The maximum Gasteiger partial charge on any atom is 0.247 e. The minimum atomic E-state index is -1.27. The van der Waals surface area contributed by atoms with Crippen molar-refractivity contribution in [3.05, 3.63) is 36.2 Å². The third-order valence-corrected chi connectivity index (χ3v) is 5.64. The molecule has 3 aromatic rings. The van der Waals surface area contributed by atoms with Gasteiger partial charge in [0.15, 0.2) is 17.7 Å². The molecule has 12 heteroatoms. The SMILES string of the molecule is CCN(CC)c1ccc(/C=N/Nc2nc(N)c3ncn([C@@H]4O[C@H](CO)[C@@H](O)[C@H]4O)c3n2)cc1. The van der Waals surface area contributed by atoms with Crippen molar-refractivity contribution in [1.29, 1.82) is 0 Å². The van der Waals surface area contributed by atoms with Gasteiger partial charge in [0, 0.05) is 18.8 Å². The molecular weight excluding hydrogens is 428 g/mol. The van der Waals surface area contributed by atoms with E-state index in [9.17, 15) is 15.3 Å². The molecule has 0 spiro atoms. The first-order valence-corrected chi connectivity index (χ1v) is 10.7. The molecule has 0 radical (unpaired) electrons. The van der Waals surface area contributed by atoms with E-state index in [1.165, 1.54) is 10.9 Å². The number of aliphatic hydroxyl groups excluding tert-OH is 3. The van der Waals surface area contributed by atoms with Crippen LogP contribution in [0.5, 0.6) is 0 Å². The van der Waals surface area contributed by atoms with E-state index in [1.807, 2.05) is 24.3 Å². The number of aromatic nitrogens is 4. The molecule has 0 saturated carbocycles. The van der Waals surface area contributed by atoms with E-state index in [-0.39, 0.29) is 11.8 Å². The average Bonchev–Trinajstić information content (AvgIpc) is 3.37. The number of anilines is 3. The molecule has 0 unspecified atom stereocenters. The van der Waals surface area contributed by atoms with E-state index >= 15 is 0 Å². The third-order valence-electron chi connectivity index (χ3n) is 5.64. The number of hydrogen-bond donors (Lipinski definition) is 5. The lowest BCUT2D eigenvalue weighted by Crippen LogP contribution is -2.33. The van der Waals surface area contributed by atoms with Crippen LogP contribution in [-0.4, -0.2) is 79.1 Å². The van der Waals surface area contributed by atoms with Crippen LogP contribution in [0.3, 0.4) is 0 Å². The summed E-state index contributed by atoms with van der Waals surface area (Å²) in [5.41, 5.74) is 11.4. The Kier molecular flexibility index (Phi) is 6.70. The van der Waals surface area contributed by atoms with Gasteiger partial charge in [0.25, 0.3) is 0 Å². The second-order valence-corrected chi connectivity index (χ2v) is 7.62. The summed E-state index contributed by atoms with van der Waals surface area (Å²) in [6.45, 7) is 5.67. The Morgan fingerprint density at radius 1 is 1.18 bits per heavy atom. The molecule has 12 nitrogen and oxygen atoms in total. The number of ether oxygens (including phenoxy) is 1. The minimum absolute atomic E-state index is 0.117. The van der Waals surface area contributed by atoms with Crippen LogP contribution in [-0.2, 0) is 4.74 Å². The van der Waals surface area contributed by atoms with Gasteiger partial charge in [-0.2, -0.15) is 15.1 Å². The van der Waals surface area contributed by atoms with Gasteiger partial charge in [0.2, 0.25) is 5.95 Å². The van der Waals surface area contributed by atoms with Gasteiger partial charge < -0.3 is 30.7 Å². The number of hydrogen-bond acceptors (Lipinski definition) is 11. The molecule has 4 rings (SSSR count). The summed E-state index contributed by atoms with van der Waals surface area (Å²) in [5.74, 6) is 0.247. The van der Waals surface area contributed by atoms with Crippen molar-refractivity contribution in [2.75, 3.05) is 35.8 Å². The molecule has 4 atom stereocenters. The Labute approximate surface area is 190 Å². The maximum atomic E-state index is 10.3. The number of imidazole rings is 1. The van der Waals surface area contributed by atoms with Crippen molar-refractivity contribution in [3.63, 3.8) is 0 Å². The predicted octanol–water partition coefficient (Wildman–Crippen LogP) is 0.312. The number of fused-ring (bicyclic) bond motifs is 1. The summed E-state index contributed by atoms with van der Waals surface area (Å²) in [4.78, 5) is 15.0. The van der Waals surface area contributed by atoms with E-state index in [0.717, 1.165) is 24.3 Å². The zero-order valence-corrected chi connectivity index (χ0v) is 18.4. The fraction of sp³-hybridized carbons (Fsp3) is 0.429. The van der Waals surface area contributed by atoms with E-state index in [1.54, 1.807) is 6.21 Å². The smallest absolute Gasteiger partial charge is 0.247 e. The Morgan fingerprint density at radius 3 is 2.55 bits per heavy atom. The Hall–Kier alpha value is -3.32. The number of nitrogen functional groups attached to an aromatic ring is 1. The fourth-order valence-electron chi connectivity index (χ4n) is 3.81. The van der Waals surface area contributed by atoms with Crippen LogP contribution < -0.4 is 16.1 Å². The topological polar surface area (TPSA) is 167 Å². The molecule has 1 aliphatic heterocycles. The van der Waals surface area contributed by atoms with Gasteiger partial charge in [-0.25, -0.2) is 10.4 Å². The van der Waals surface area contributed by atoms with Gasteiger partial charge in [-0.3, -0.25) is 4.57 Å². The summed E-state index contributed by atoms with van der Waals surface area (Å²) >= 11 is 0. The normalized spacial score (nSPS) is 22.9. The summed E-state index contributed by atoms with van der Waals surface area (Å²) in [6.07, 6.45) is -1.40. The predicted molar refractivity (Wildman–Crippen MR) is 124 cm³/mol. The highest BCUT2D eigenvalue weighted by Gasteiger charge is 2.44. The first-order chi connectivity index (χ1) is 16.0. The largest absolute Gasteiger partial charge is 0.394 e. The van der Waals surface area contributed by atoms with Crippen LogP contribution in [0.2, 0.25) is 0 Å². The van der Waals surface area contributed by atoms with Crippen LogP contribution in [0.1, 0.15) is 25.6 Å². The van der Waals surface area contributed by atoms with Crippen LogP contribution in [0, 0.1) is 0 Å². The molecule has 0 amide bonds. The average molecular weight is 457 g/mol. The molecule has 0 aliphatic carbocycles. The summed E-state index contributed by atoms with van der Waals surface area (Å²) in [5, 5.41) is 33.9. The monoisotopic (exact) mass is 456 g/mol. The molecule has 0 bridgehead atoms. The molecular formula is C21H28N8O4. The molecule has 1 aliphatic rings. The molecule has 6 N–H and O–H groups in total. The van der Waals surface area contributed by atoms with E-state index in [2.05, 4.69) is 44.2 Å². The second-order valence-electron chi connectivity index (χ2n) is 7.62. The van der Waals surface area contributed by atoms with Crippen molar-refractivity contribution in [2.45, 2.75) is 38.4 Å². The zero-order valence-electron chi connectivity index (χ0n) is 18.4. The van der Waals surface area contributed by atoms with Crippen LogP contribution in [0.25, 0.3) is 11.2 Å². The number of nitrogens with two attached hydrogens (primary N) is 1. The van der Waals surface area contributed by atoms with Gasteiger partial charge in [0.1, 0.15) is 23.8 Å². The maximum absolute atomic E-state index is 10.3. The first-order valence-electron chi connectivity index (χ1n) is 10.7. The van der Waals surface area contributed by atoms with Gasteiger partial charge >= 0.3 is 0 Å². The Morgan fingerprint density at radius 2 is 1.91 bits per heavy atom. The van der Waals surface area contributed by atoms with Gasteiger partial charge in [-0.15, -0.1) is 0 Å². The Balaban J connectivity index is 1.53. The molecule has 1 fully saturated rings. The molecule has 2 aromatic heterocycles. The lowest BCUT2D eigenvalue weighted by atomic mass is 10.1. The summed E-state index contributed by atoms with van der Waals surface area (Å²) < 4.78 is 7.01. The quantitative estimate of drug-likeness (QED) is 0.235. The highest BCUT2D eigenvalue weighted by atomic mass is 16.6. The zero-order chi connectivity index (χ0) is 23.5. The van der Waals surface area contributed by atoms with Gasteiger partial charge in [-0.05, 0) is 31.5 Å². The van der Waals surface area contributed by atoms with Gasteiger partial charge in [-0.1, -0.05) is 12.1 Å². The lowest BCUT2D eigenvalue weighted by Gasteiger charge is -2.20. The van der Waals surface area contributed by atoms with Crippen molar-refractivity contribution < 1.29 is 20.1 Å². The summed E-state index contributed by atoms with van der Waals surface area (Å²) in [6, 6.07) is 8.00. The fourth-order valence-corrected chi connectivity index (χ4v) is 3.81. The van der Waals surface area contributed by atoms with Gasteiger partial charge in [0.05, 0.1) is 19.1 Å². The number of hydrazone groups is 1. The van der Waals surface area contributed by atoms with Crippen LogP contribution in [0.4, 0.5) is 17.5 Å². The number of rotatable bonds is 8. The van der Waals surface area contributed by atoms with Crippen molar-refractivity contribution in [3.8, 4) is 0 Å². The third kappa shape index (κ3) is 4.46. The first kappa shape index (κ1) is 22.9. The number of aliphatic hydroxyl groups is 3. The van der Waals surface area contributed by atoms with Crippen LogP contribution in [0.15, 0.2) is 35.7 Å². The van der Waals surface area contributed by atoms with E-state index in [0.29, 0.717) is 11.2 Å². The van der Waals surface area contributed by atoms with Crippen molar-refractivity contribution in [1.82, 2.24) is 19.5 Å². The minimum Gasteiger partial charge on any atom is -0.394 e. The molecule has 3 heterocycles. The lowest BCUT2D eigenvalue weighted by molar-refractivity contribution is -0.0511. The van der Waals surface area contributed by atoms with Crippen molar-refractivity contribution in [2.24, 2.45) is 5.10 Å². The number of nitrogens with zero attached hydrogens (tertiary/aromatic N) is 6. The number of nitrogens with one attached hydrogen (secondary N) is 1. The van der Waals surface area contributed by atoms with E-state index < -0.39 is 31.1 Å². The molecule has 1 aromatic carbocycles. The van der Waals surface area contributed by atoms with Crippen molar-refractivity contribution >= 4 is 34.8 Å². The van der Waals surface area contributed by atoms with E-state index in [4.69, 9.17) is 10.5 Å². The number of benzene rings is 1. The summed E-state index contributed by atoms with van der Waals surface area (Å²) in [7, 11) is 0. The molecule has 33 heavy (non-hydrogen) atoms. The highest BCUT2D eigenvalue weighted by molar-refractivity contribution is 5.83. The Bertz CT molecular complexity index is 1120.